The first-order valence-corrected chi connectivity index (χ1v) is 9.62. The van der Waals surface area contributed by atoms with Crippen molar-refractivity contribution < 1.29 is 29.3 Å². The van der Waals surface area contributed by atoms with Crippen LogP contribution in [0, 0.1) is 0 Å². The van der Waals surface area contributed by atoms with Gasteiger partial charge in [0.15, 0.2) is 6.04 Å². The minimum Gasteiger partial charge on any atom is -0.480 e. The molecule has 2 unspecified atom stereocenters. The minimum absolute atomic E-state index is 0.0489. The van der Waals surface area contributed by atoms with Crippen molar-refractivity contribution >= 4 is 35.0 Å². The molecule has 0 fully saturated rings. The molecule has 2 atom stereocenters. The molecular formula is C19H23N3O6S. The van der Waals surface area contributed by atoms with E-state index in [1.54, 1.807) is 45.0 Å². The molecule has 0 radical (unpaired) electrons. The number of aliphatic hydroxyl groups is 1. The third-order valence-electron chi connectivity index (χ3n) is 3.55. The Morgan fingerprint density at radius 1 is 1.17 bits per heavy atom. The lowest BCUT2D eigenvalue weighted by molar-refractivity contribution is -0.141. The van der Waals surface area contributed by atoms with Gasteiger partial charge in [0.1, 0.15) is 16.3 Å². The van der Waals surface area contributed by atoms with Gasteiger partial charge >= 0.3 is 12.1 Å². The molecule has 1 aromatic heterocycles. The number of anilines is 1. The smallest absolute Gasteiger partial charge is 0.412 e. The number of rotatable bonds is 6. The monoisotopic (exact) mass is 421 g/mol. The summed E-state index contributed by atoms with van der Waals surface area (Å²) in [6.07, 6.45) is -1.82. The van der Waals surface area contributed by atoms with Crippen LogP contribution in [0.3, 0.4) is 0 Å². The number of benzene rings is 1. The molecule has 0 aliphatic heterocycles. The number of nitrogens with zero attached hydrogens (tertiary/aromatic N) is 1. The van der Waals surface area contributed by atoms with Crippen molar-refractivity contribution in [1.82, 2.24) is 10.3 Å². The molecule has 156 valence electrons. The summed E-state index contributed by atoms with van der Waals surface area (Å²) in [6.45, 7) is 6.59. The molecule has 0 aliphatic rings. The molecule has 1 heterocycles. The number of aromatic nitrogens is 1. The first kappa shape index (κ1) is 22.3. The number of carbonyl (C=O) groups is 3. The van der Waals surface area contributed by atoms with Crippen LogP contribution in [-0.4, -0.2) is 50.9 Å². The highest BCUT2D eigenvalue weighted by Gasteiger charge is 2.26. The van der Waals surface area contributed by atoms with E-state index in [0.29, 0.717) is 16.3 Å². The number of hydrogen-bond donors (Lipinski definition) is 4. The van der Waals surface area contributed by atoms with Gasteiger partial charge in [0.25, 0.3) is 5.91 Å². The Bertz CT molecular complexity index is 886. The van der Waals surface area contributed by atoms with E-state index in [-0.39, 0.29) is 5.69 Å². The summed E-state index contributed by atoms with van der Waals surface area (Å²) in [4.78, 5) is 39.3. The first-order valence-electron chi connectivity index (χ1n) is 8.74. The van der Waals surface area contributed by atoms with Crippen molar-refractivity contribution in [3.63, 3.8) is 0 Å². The summed E-state index contributed by atoms with van der Waals surface area (Å²) in [5.74, 6) is -2.03. The topological polar surface area (TPSA) is 138 Å². The summed E-state index contributed by atoms with van der Waals surface area (Å²) < 4.78 is 5.19. The molecule has 4 N–H and O–H groups in total. The van der Waals surface area contributed by atoms with Crippen molar-refractivity contribution in [3.05, 3.63) is 35.3 Å². The Kier molecular flexibility index (Phi) is 6.93. The number of thiazole rings is 1. The van der Waals surface area contributed by atoms with Crippen LogP contribution >= 0.6 is 11.3 Å². The molecule has 0 saturated heterocycles. The van der Waals surface area contributed by atoms with Crippen molar-refractivity contribution in [2.24, 2.45) is 0 Å². The molecule has 29 heavy (non-hydrogen) atoms. The normalized spacial score (nSPS) is 13.3. The molecule has 2 aromatic rings. The maximum absolute atomic E-state index is 12.2. The second-order valence-electron chi connectivity index (χ2n) is 7.27. The van der Waals surface area contributed by atoms with E-state index < -0.39 is 35.7 Å². The number of aliphatic carboxylic acids is 1. The number of carboxylic acid groups (broad SMARTS) is 1. The fourth-order valence-corrected chi connectivity index (χ4v) is 3.04. The van der Waals surface area contributed by atoms with Gasteiger partial charge in [0, 0.05) is 16.6 Å². The number of nitrogens with one attached hydrogen (secondary N) is 2. The lowest BCUT2D eigenvalue weighted by atomic mass is 10.2. The Morgan fingerprint density at radius 3 is 2.31 bits per heavy atom. The maximum atomic E-state index is 12.2. The zero-order valence-corrected chi connectivity index (χ0v) is 17.2. The zero-order valence-electron chi connectivity index (χ0n) is 16.4. The van der Waals surface area contributed by atoms with E-state index in [9.17, 15) is 19.5 Å². The molecule has 1 aromatic carbocycles. The number of aliphatic hydroxyl groups excluding tert-OH is 1. The third-order valence-corrected chi connectivity index (χ3v) is 4.44. The van der Waals surface area contributed by atoms with Crippen LogP contribution in [-0.2, 0) is 9.53 Å². The van der Waals surface area contributed by atoms with E-state index in [1.165, 1.54) is 23.6 Å². The predicted molar refractivity (Wildman–Crippen MR) is 108 cm³/mol. The van der Waals surface area contributed by atoms with Crippen LogP contribution in [0.1, 0.15) is 38.2 Å². The Hall–Kier alpha value is -2.98. The lowest BCUT2D eigenvalue weighted by Crippen LogP contribution is -2.47. The Balaban J connectivity index is 2.05. The lowest BCUT2D eigenvalue weighted by Gasteiger charge is -2.19. The largest absolute Gasteiger partial charge is 0.480 e. The maximum Gasteiger partial charge on any atom is 0.412 e. The van der Waals surface area contributed by atoms with Crippen LogP contribution in [0.25, 0.3) is 10.6 Å². The van der Waals surface area contributed by atoms with Crippen LogP contribution in [0.5, 0.6) is 0 Å². The average Bonchev–Trinajstić information content (AvgIpc) is 3.08. The van der Waals surface area contributed by atoms with E-state index in [1.807, 2.05) is 0 Å². The summed E-state index contributed by atoms with van der Waals surface area (Å²) in [5.41, 5.74) is 0.704. The number of carbonyl (C=O) groups excluding carboxylic acids is 2. The molecule has 10 heteroatoms. The van der Waals surface area contributed by atoms with E-state index in [0.717, 1.165) is 0 Å². The molecule has 0 spiro atoms. The van der Waals surface area contributed by atoms with Crippen molar-refractivity contribution in [1.29, 1.82) is 0 Å². The second-order valence-corrected chi connectivity index (χ2v) is 8.13. The van der Waals surface area contributed by atoms with Gasteiger partial charge in [-0.05, 0) is 52.0 Å². The highest BCUT2D eigenvalue weighted by Crippen LogP contribution is 2.25. The van der Waals surface area contributed by atoms with Crippen LogP contribution in [0.15, 0.2) is 29.6 Å². The molecule has 0 bridgehead atoms. The summed E-state index contributed by atoms with van der Waals surface area (Å²) >= 11 is 1.21. The number of hydrogen-bond acceptors (Lipinski definition) is 7. The third kappa shape index (κ3) is 6.54. The zero-order chi connectivity index (χ0) is 21.8. The SMILES string of the molecule is CC(O)C(NC(=O)c1csc(-c2ccc(NC(=O)OC(C)(C)C)cc2)n1)C(=O)O. The van der Waals surface area contributed by atoms with E-state index in [4.69, 9.17) is 9.84 Å². The summed E-state index contributed by atoms with van der Waals surface area (Å²) in [5, 5.41) is 25.4. The van der Waals surface area contributed by atoms with Gasteiger partial charge in [-0.2, -0.15) is 0 Å². The van der Waals surface area contributed by atoms with Gasteiger partial charge in [0.05, 0.1) is 6.10 Å². The van der Waals surface area contributed by atoms with Gasteiger partial charge in [0.2, 0.25) is 0 Å². The van der Waals surface area contributed by atoms with Crippen LogP contribution < -0.4 is 10.6 Å². The molecular weight excluding hydrogens is 398 g/mol. The summed E-state index contributed by atoms with van der Waals surface area (Å²) in [7, 11) is 0. The fourth-order valence-electron chi connectivity index (χ4n) is 2.23. The highest BCUT2D eigenvalue weighted by atomic mass is 32.1. The van der Waals surface area contributed by atoms with Crippen molar-refractivity contribution in [2.75, 3.05) is 5.32 Å². The summed E-state index contributed by atoms with van der Waals surface area (Å²) in [6, 6.07) is 5.38. The Labute approximate surface area is 171 Å². The van der Waals surface area contributed by atoms with Gasteiger partial charge in [-0.3, -0.25) is 10.1 Å². The molecule has 0 saturated carbocycles. The van der Waals surface area contributed by atoms with Crippen LogP contribution in [0.2, 0.25) is 0 Å². The quantitative estimate of drug-likeness (QED) is 0.562. The van der Waals surface area contributed by atoms with Crippen molar-refractivity contribution in [3.8, 4) is 10.6 Å². The minimum atomic E-state index is -1.43. The second kappa shape index (κ2) is 9.01. The highest BCUT2D eigenvalue weighted by molar-refractivity contribution is 7.13. The van der Waals surface area contributed by atoms with Crippen LogP contribution in [0.4, 0.5) is 10.5 Å². The first-order chi connectivity index (χ1) is 13.5. The number of ether oxygens (including phenoxy) is 1. The van der Waals surface area contributed by atoms with E-state index >= 15 is 0 Å². The molecule has 0 aliphatic carbocycles. The Morgan fingerprint density at radius 2 is 1.79 bits per heavy atom. The predicted octanol–water partition coefficient (Wildman–Crippen LogP) is 2.72. The van der Waals surface area contributed by atoms with Gasteiger partial charge in [-0.25, -0.2) is 14.6 Å². The standard InChI is InChI=1S/C19H23N3O6S/c1-10(23)14(17(25)26)22-15(24)13-9-29-16(21-13)11-5-7-12(8-6-11)20-18(27)28-19(2,3)4/h5-10,14,23H,1-4H3,(H,20,27)(H,22,24)(H,25,26). The van der Waals surface area contributed by atoms with Gasteiger partial charge in [-0.1, -0.05) is 0 Å². The molecule has 2 amide bonds. The van der Waals surface area contributed by atoms with E-state index in [2.05, 4.69) is 15.6 Å². The van der Waals surface area contributed by atoms with Gasteiger partial charge in [-0.15, -0.1) is 11.3 Å². The van der Waals surface area contributed by atoms with Crippen molar-refractivity contribution in [2.45, 2.75) is 45.4 Å². The fraction of sp³-hybridized carbons (Fsp3) is 0.368. The molecule has 2 rings (SSSR count). The van der Waals surface area contributed by atoms with Gasteiger partial charge < -0.3 is 20.3 Å². The average molecular weight is 421 g/mol. The number of amides is 2. The number of carboxylic acids is 1. The molecule has 9 nitrogen and oxygen atoms in total.